The number of halogens is 1. The van der Waals surface area contributed by atoms with Crippen molar-refractivity contribution in [3.05, 3.63) is 0 Å². The van der Waals surface area contributed by atoms with Gasteiger partial charge in [-0.1, -0.05) is 56.7 Å². The fourth-order valence-electron chi connectivity index (χ4n) is 8.58. The zero-order valence-electron chi connectivity index (χ0n) is 14.4. The van der Waals surface area contributed by atoms with Crippen LogP contribution >= 0.6 is 22.6 Å². The summed E-state index contributed by atoms with van der Waals surface area (Å²) in [5, 5.41) is 0. The zero-order valence-corrected chi connectivity index (χ0v) is 16.6. The number of fused-ring (bicyclic) bond motifs is 1. The molecule has 0 N–H and O–H groups in total. The van der Waals surface area contributed by atoms with Crippen LogP contribution < -0.4 is 0 Å². The number of ketones is 1. The summed E-state index contributed by atoms with van der Waals surface area (Å²) in [5.74, 6) is 3.41. The molecule has 0 aliphatic heterocycles. The minimum atomic E-state index is 0.0629. The second-order valence-electron chi connectivity index (χ2n) is 10.4. The summed E-state index contributed by atoms with van der Waals surface area (Å²) in [5.41, 5.74) is 1.34. The van der Waals surface area contributed by atoms with Crippen molar-refractivity contribution in [1.82, 2.24) is 0 Å². The van der Waals surface area contributed by atoms with Crippen molar-refractivity contribution in [1.29, 1.82) is 0 Å². The largest absolute Gasteiger partial charge is 0.299 e. The average molecular weight is 412 g/mol. The molecule has 0 aromatic rings. The van der Waals surface area contributed by atoms with Gasteiger partial charge in [0.05, 0.1) is 0 Å². The predicted molar refractivity (Wildman–Crippen MR) is 96.9 cm³/mol. The van der Waals surface area contributed by atoms with E-state index in [0.29, 0.717) is 37.8 Å². The first-order valence-corrected chi connectivity index (χ1v) is 10.6. The molecular formula is C20H29IO. The molecule has 0 amide bonds. The molecule has 0 heterocycles. The molecule has 6 fully saturated rings. The van der Waals surface area contributed by atoms with Gasteiger partial charge in [-0.3, -0.25) is 4.79 Å². The normalized spacial score (nSPS) is 64.0. The van der Waals surface area contributed by atoms with Gasteiger partial charge in [-0.15, -0.1) is 0 Å². The maximum Gasteiger partial charge on any atom is 0.144 e. The third-order valence-electron chi connectivity index (χ3n) is 9.53. The Hall–Kier alpha value is 0.400. The van der Waals surface area contributed by atoms with Crippen molar-refractivity contribution in [3.8, 4) is 0 Å². The van der Waals surface area contributed by atoms with E-state index in [9.17, 15) is 4.79 Å². The lowest BCUT2D eigenvalue weighted by atomic mass is 9.39. The van der Waals surface area contributed by atoms with E-state index in [1.807, 2.05) is 0 Å². The molecule has 6 aliphatic carbocycles. The minimum absolute atomic E-state index is 0.0629. The van der Waals surface area contributed by atoms with E-state index < -0.39 is 0 Å². The highest BCUT2D eigenvalue weighted by atomic mass is 127. The van der Waals surface area contributed by atoms with Gasteiger partial charge < -0.3 is 0 Å². The average Bonchev–Trinajstić information content (AvgIpc) is 3.01. The van der Waals surface area contributed by atoms with Crippen LogP contribution in [0.2, 0.25) is 0 Å². The number of hydrogen-bond donors (Lipinski definition) is 0. The molecule has 22 heavy (non-hydrogen) atoms. The summed E-state index contributed by atoms with van der Waals surface area (Å²) in [6.07, 6.45) is 8.01. The molecule has 0 saturated heterocycles. The van der Waals surface area contributed by atoms with Crippen molar-refractivity contribution < 1.29 is 4.79 Å². The summed E-state index contributed by atoms with van der Waals surface area (Å²) < 4.78 is 0.613. The highest BCUT2D eigenvalue weighted by molar-refractivity contribution is 14.1. The number of rotatable bonds is 0. The van der Waals surface area contributed by atoms with Crippen LogP contribution in [0.25, 0.3) is 0 Å². The van der Waals surface area contributed by atoms with Gasteiger partial charge in [-0.2, -0.15) is 0 Å². The number of carbonyl (C=O) groups excluding carboxylic acids is 1. The molecule has 122 valence electrons. The van der Waals surface area contributed by atoms with E-state index in [1.54, 1.807) is 0 Å². The second kappa shape index (κ2) is 3.80. The fraction of sp³-hybridized carbons (Fsp3) is 0.950. The first kappa shape index (κ1) is 14.7. The topological polar surface area (TPSA) is 17.1 Å². The van der Waals surface area contributed by atoms with Gasteiger partial charge in [0.2, 0.25) is 0 Å². The van der Waals surface area contributed by atoms with Crippen LogP contribution in [-0.2, 0) is 4.79 Å². The summed E-state index contributed by atoms with van der Waals surface area (Å²) in [6.45, 7) is 10.0. The highest BCUT2D eigenvalue weighted by Crippen LogP contribution is 2.85. The first-order valence-electron chi connectivity index (χ1n) is 9.39. The molecular weight excluding hydrogens is 383 g/mol. The van der Waals surface area contributed by atoms with Crippen LogP contribution in [0.1, 0.15) is 66.2 Å². The highest BCUT2D eigenvalue weighted by Gasteiger charge is 2.86. The quantitative estimate of drug-likeness (QED) is 0.392. The van der Waals surface area contributed by atoms with Gasteiger partial charge in [0.15, 0.2) is 0 Å². The number of hydrogen-bond acceptors (Lipinski definition) is 1. The maximum atomic E-state index is 13.4. The molecule has 8 atom stereocenters. The van der Waals surface area contributed by atoms with Crippen molar-refractivity contribution in [2.24, 2.45) is 45.3 Å². The molecule has 0 aromatic carbocycles. The van der Waals surface area contributed by atoms with Crippen molar-refractivity contribution in [2.45, 2.75) is 70.1 Å². The van der Waals surface area contributed by atoms with Gasteiger partial charge in [0.1, 0.15) is 5.78 Å². The third kappa shape index (κ3) is 1.25. The van der Waals surface area contributed by atoms with Gasteiger partial charge >= 0.3 is 0 Å². The van der Waals surface area contributed by atoms with Gasteiger partial charge in [0.25, 0.3) is 0 Å². The summed E-state index contributed by atoms with van der Waals surface area (Å²) >= 11 is 2.71. The predicted octanol–water partition coefficient (Wildman–Crippen LogP) is 5.26. The molecule has 4 bridgehead atoms. The van der Waals surface area contributed by atoms with Crippen LogP contribution in [0, 0.1) is 45.3 Å². The lowest BCUT2D eigenvalue weighted by molar-refractivity contribution is -0.170. The van der Waals surface area contributed by atoms with E-state index in [1.165, 1.54) is 38.5 Å². The second-order valence-corrected chi connectivity index (χ2v) is 11.7. The molecule has 6 aliphatic rings. The fourth-order valence-corrected chi connectivity index (χ4v) is 10.5. The number of Topliss-reactive ketones (excluding diaryl/α,β-unsaturated/α-hetero) is 1. The van der Waals surface area contributed by atoms with Gasteiger partial charge in [-0.25, -0.2) is 0 Å². The standard InChI is InChI=1S/C20H29IO/c1-17(2)7-5-8-18(3)12(17)6-9-20-13(18)10-11-14(15(20)22)19(11,4)16(20)21/h11-14,16H,5-10H2,1-4H3/t11-,12+,13-,14?,16-,18+,19+,20-/m1/s1. The summed E-state index contributed by atoms with van der Waals surface area (Å²) in [6, 6.07) is 0. The van der Waals surface area contributed by atoms with Gasteiger partial charge in [-0.05, 0) is 66.1 Å². The van der Waals surface area contributed by atoms with E-state index in [2.05, 4.69) is 50.3 Å². The molecule has 6 saturated carbocycles. The molecule has 1 spiro atoms. The van der Waals surface area contributed by atoms with Gasteiger partial charge in [0, 0.05) is 15.3 Å². The Bertz CT molecular complexity index is 582. The first-order chi connectivity index (χ1) is 10.2. The van der Waals surface area contributed by atoms with E-state index in [4.69, 9.17) is 0 Å². The van der Waals surface area contributed by atoms with Crippen LogP contribution in [-0.4, -0.2) is 9.71 Å². The zero-order chi connectivity index (χ0) is 15.7. The Labute approximate surface area is 148 Å². The van der Waals surface area contributed by atoms with Crippen LogP contribution in [0.5, 0.6) is 0 Å². The summed E-state index contributed by atoms with van der Waals surface area (Å²) in [7, 11) is 0. The lowest BCUT2D eigenvalue weighted by Crippen LogP contribution is -2.62. The minimum Gasteiger partial charge on any atom is -0.299 e. The van der Waals surface area contributed by atoms with E-state index in [0.717, 1.165) is 11.8 Å². The molecule has 0 radical (unpaired) electrons. The Morgan fingerprint density at radius 1 is 1.05 bits per heavy atom. The molecule has 0 aromatic heterocycles. The maximum absolute atomic E-state index is 13.4. The Morgan fingerprint density at radius 2 is 1.77 bits per heavy atom. The molecule has 6 rings (SSSR count). The smallest absolute Gasteiger partial charge is 0.144 e. The monoisotopic (exact) mass is 412 g/mol. The summed E-state index contributed by atoms with van der Waals surface area (Å²) in [4.78, 5) is 13.4. The van der Waals surface area contributed by atoms with E-state index >= 15 is 0 Å². The molecule has 1 unspecified atom stereocenters. The molecule has 2 heteroatoms. The number of carbonyl (C=O) groups is 1. The van der Waals surface area contributed by atoms with Crippen molar-refractivity contribution in [2.75, 3.05) is 0 Å². The van der Waals surface area contributed by atoms with E-state index in [-0.39, 0.29) is 5.41 Å². The van der Waals surface area contributed by atoms with Crippen LogP contribution in [0.4, 0.5) is 0 Å². The SMILES string of the molecule is CC1(C)CCC[C@]2(C)[C@H]3C[C@@H]4C5C(=O)[C@]3(CC[C@@H]12)[C@H](I)[C@]54C. The van der Waals surface area contributed by atoms with Crippen molar-refractivity contribution >= 4 is 28.4 Å². The Balaban J connectivity index is 1.64. The molecule has 1 nitrogen and oxygen atoms in total. The lowest BCUT2D eigenvalue weighted by Gasteiger charge is -2.65. The Kier molecular flexibility index (Phi) is 2.54. The third-order valence-corrected chi connectivity index (χ3v) is 12.0. The van der Waals surface area contributed by atoms with Crippen molar-refractivity contribution in [3.63, 3.8) is 0 Å². The van der Waals surface area contributed by atoms with Crippen LogP contribution in [0.15, 0.2) is 0 Å². The van der Waals surface area contributed by atoms with Crippen LogP contribution in [0.3, 0.4) is 0 Å². The Morgan fingerprint density at radius 3 is 2.41 bits per heavy atom. The number of alkyl halides is 1.